The third kappa shape index (κ3) is 4.99. The van der Waals surface area contributed by atoms with Crippen LogP contribution in [-0.4, -0.2) is 13.0 Å². The highest BCUT2D eigenvalue weighted by molar-refractivity contribution is 14.1. The molecule has 0 atom stereocenters. The Morgan fingerprint density at radius 1 is 1.26 bits per heavy atom. The molecule has 0 aliphatic heterocycles. The van der Waals surface area contributed by atoms with E-state index in [9.17, 15) is 4.79 Å². The molecule has 0 bridgehead atoms. The number of hydrogen-bond acceptors (Lipinski definition) is 3. The van der Waals surface area contributed by atoms with Crippen LogP contribution in [0.2, 0.25) is 0 Å². The maximum atomic E-state index is 10.8. The molecule has 5 heteroatoms. The third-order valence-electron chi connectivity index (χ3n) is 3.20. The zero-order valence-corrected chi connectivity index (χ0v) is 15.2. The molecule has 120 valence electrons. The van der Waals surface area contributed by atoms with Crippen molar-refractivity contribution in [1.29, 1.82) is 0 Å². The van der Waals surface area contributed by atoms with Crippen LogP contribution >= 0.6 is 22.6 Å². The first kappa shape index (κ1) is 17.3. The molecule has 0 radical (unpaired) electrons. The van der Waals surface area contributed by atoms with E-state index in [1.807, 2.05) is 24.3 Å². The summed E-state index contributed by atoms with van der Waals surface area (Å²) in [5.74, 6) is 0.816. The van der Waals surface area contributed by atoms with E-state index in [-0.39, 0.29) is 0 Å². The second-order valence-electron chi connectivity index (χ2n) is 5.04. The second kappa shape index (κ2) is 8.01. The van der Waals surface area contributed by atoms with Gasteiger partial charge in [-0.3, -0.25) is 4.79 Å². The first-order valence-electron chi connectivity index (χ1n) is 7.03. The van der Waals surface area contributed by atoms with E-state index in [4.69, 9.17) is 15.2 Å². The number of carbonyl (C=O) groups is 1. The minimum atomic E-state index is -0.487. The number of rotatable bonds is 6. The van der Waals surface area contributed by atoms with Crippen LogP contribution in [0.3, 0.4) is 0 Å². The molecule has 0 unspecified atom stereocenters. The van der Waals surface area contributed by atoms with Crippen molar-refractivity contribution in [3.05, 3.63) is 62.7 Å². The summed E-state index contributed by atoms with van der Waals surface area (Å²) in [7, 11) is 1.59. The topological polar surface area (TPSA) is 61.5 Å². The quantitative estimate of drug-likeness (QED) is 0.570. The van der Waals surface area contributed by atoms with Gasteiger partial charge in [-0.15, -0.1) is 0 Å². The Labute approximate surface area is 149 Å². The number of benzene rings is 2. The van der Waals surface area contributed by atoms with Gasteiger partial charge in [0, 0.05) is 6.08 Å². The maximum Gasteiger partial charge on any atom is 0.241 e. The fraction of sp³-hybridized carbons (Fsp3) is 0.167. The van der Waals surface area contributed by atoms with Gasteiger partial charge in [0.05, 0.1) is 10.7 Å². The summed E-state index contributed by atoms with van der Waals surface area (Å²) in [6.45, 7) is 2.51. The van der Waals surface area contributed by atoms with E-state index in [1.165, 1.54) is 11.6 Å². The lowest BCUT2D eigenvalue weighted by atomic mass is 10.1. The Kier molecular flexibility index (Phi) is 6.04. The highest BCUT2D eigenvalue weighted by atomic mass is 127. The van der Waals surface area contributed by atoms with Crippen LogP contribution in [0, 0.1) is 10.5 Å². The van der Waals surface area contributed by atoms with Gasteiger partial charge in [0.1, 0.15) is 6.61 Å². The lowest BCUT2D eigenvalue weighted by Crippen LogP contribution is -2.05. The summed E-state index contributed by atoms with van der Waals surface area (Å²) in [5.41, 5.74) is 8.25. The average molecular weight is 423 g/mol. The zero-order valence-electron chi connectivity index (χ0n) is 13.0. The molecule has 2 aromatic rings. The molecule has 2 rings (SSSR count). The number of aryl methyl sites for hydroxylation is 1. The van der Waals surface area contributed by atoms with Crippen molar-refractivity contribution in [2.24, 2.45) is 5.73 Å². The number of methoxy groups -OCH3 is 1. The van der Waals surface area contributed by atoms with Crippen LogP contribution in [0.1, 0.15) is 16.7 Å². The molecule has 0 saturated carbocycles. The molecule has 0 fully saturated rings. The first-order chi connectivity index (χ1) is 11.0. The molecule has 4 nitrogen and oxygen atoms in total. The van der Waals surface area contributed by atoms with Crippen molar-refractivity contribution in [1.82, 2.24) is 0 Å². The Morgan fingerprint density at radius 2 is 1.96 bits per heavy atom. The molecule has 0 aromatic heterocycles. The van der Waals surface area contributed by atoms with Crippen LogP contribution in [0.4, 0.5) is 0 Å². The van der Waals surface area contributed by atoms with E-state index < -0.39 is 5.91 Å². The Balaban J connectivity index is 2.20. The van der Waals surface area contributed by atoms with E-state index in [0.29, 0.717) is 18.1 Å². The summed E-state index contributed by atoms with van der Waals surface area (Å²) in [6.07, 6.45) is 2.97. The predicted octanol–water partition coefficient (Wildman–Crippen LogP) is 3.69. The molecule has 2 N–H and O–H groups in total. The van der Waals surface area contributed by atoms with Gasteiger partial charge in [-0.2, -0.15) is 0 Å². The number of halogens is 1. The van der Waals surface area contributed by atoms with Crippen molar-refractivity contribution in [3.8, 4) is 11.5 Å². The average Bonchev–Trinajstić information content (AvgIpc) is 2.53. The zero-order chi connectivity index (χ0) is 16.8. The van der Waals surface area contributed by atoms with E-state index in [2.05, 4.69) is 41.6 Å². The van der Waals surface area contributed by atoms with Crippen molar-refractivity contribution < 1.29 is 14.3 Å². The SMILES string of the molecule is COc1cc(/C=C/C(N)=O)cc(I)c1OCc1ccc(C)cc1. The molecule has 23 heavy (non-hydrogen) atoms. The molecule has 2 aromatic carbocycles. The van der Waals surface area contributed by atoms with Crippen LogP contribution < -0.4 is 15.2 Å². The molecule has 1 amide bonds. The summed E-state index contributed by atoms with van der Waals surface area (Å²) < 4.78 is 12.2. The Bertz CT molecular complexity index is 724. The minimum absolute atomic E-state index is 0.461. The smallest absolute Gasteiger partial charge is 0.241 e. The van der Waals surface area contributed by atoms with E-state index in [1.54, 1.807) is 13.2 Å². The fourth-order valence-electron chi connectivity index (χ4n) is 1.99. The number of amides is 1. The van der Waals surface area contributed by atoms with Gasteiger partial charge < -0.3 is 15.2 Å². The normalized spacial score (nSPS) is 10.7. The maximum absolute atomic E-state index is 10.8. The van der Waals surface area contributed by atoms with E-state index in [0.717, 1.165) is 14.7 Å². The van der Waals surface area contributed by atoms with Crippen molar-refractivity contribution >= 4 is 34.6 Å². The second-order valence-corrected chi connectivity index (χ2v) is 6.21. The molecular formula is C18H18INO3. The van der Waals surface area contributed by atoms with Crippen LogP contribution in [-0.2, 0) is 11.4 Å². The monoisotopic (exact) mass is 423 g/mol. The number of ether oxygens (including phenoxy) is 2. The van der Waals surface area contributed by atoms with Gasteiger partial charge in [0.15, 0.2) is 11.5 Å². The highest BCUT2D eigenvalue weighted by Crippen LogP contribution is 2.35. The van der Waals surface area contributed by atoms with Crippen LogP contribution in [0.25, 0.3) is 6.08 Å². The Morgan fingerprint density at radius 3 is 2.57 bits per heavy atom. The van der Waals surface area contributed by atoms with Gasteiger partial charge in [0.2, 0.25) is 5.91 Å². The molecule has 0 spiro atoms. The minimum Gasteiger partial charge on any atom is -0.493 e. The van der Waals surface area contributed by atoms with E-state index >= 15 is 0 Å². The van der Waals surface area contributed by atoms with Crippen molar-refractivity contribution in [2.75, 3.05) is 7.11 Å². The van der Waals surface area contributed by atoms with Gasteiger partial charge in [-0.25, -0.2) is 0 Å². The summed E-state index contributed by atoms with van der Waals surface area (Å²) in [6, 6.07) is 11.9. The molecule has 0 aliphatic carbocycles. The molecule has 0 saturated heterocycles. The molecule has 0 aliphatic rings. The largest absolute Gasteiger partial charge is 0.493 e. The third-order valence-corrected chi connectivity index (χ3v) is 4.00. The number of nitrogens with two attached hydrogens (primary N) is 1. The van der Waals surface area contributed by atoms with Gasteiger partial charge in [0.25, 0.3) is 0 Å². The van der Waals surface area contributed by atoms with Gasteiger partial charge >= 0.3 is 0 Å². The van der Waals surface area contributed by atoms with Crippen LogP contribution in [0.5, 0.6) is 11.5 Å². The number of primary amides is 1. The summed E-state index contributed by atoms with van der Waals surface area (Å²) in [5, 5.41) is 0. The summed E-state index contributed by atoms with van der Waals surface area (Å²) in [4.78, 5) is 10.8. The molecule has 0 heterocycles. The Hall–Kier alpha value is -2.02. The fourth-order valence-corrected chi connectivity index (χ4v) is 2.78. The highest BCUT2D eigenvalue weighted by Gasteiger charge is 2.11. The van der Waals surface area contributed by atoms with Crippen molar-refractivity contribution in [3.63, 3.8) is 0 Å². The predicted molar refractivity (Wildman–Crippen MR) is 99.5 cm³/mol. The lowest BCUT2D eigenvalue weighted by molar-refractivity contribution is -0.113. The standard InChI is InChI=1S/C18H18INO3/c1-12-3-5-13(6-4-12)11-23-18-15(19)9-14(7-8-17(20)21)10-16(18)22-2/h3-10H,11H2,1-2H3,(H2,20,21)/b8-7+. The molecular weight excluding hydrogens is 405 g/mol. The van der Waals surface area contributed by atoms with Crippen LogP contribution in [0.15, 0.2) is 42.5 Å². The van der Waals surface area contributed by atoms with Gasteiger partial charge in [-0.05, 0) is 58.9 Å². The number of hydrogen-bond donors (Lipinski definition) is 1. The van der Waals surface area contributed by atoms with Gasteiger partial charge in [-0.1, -0.05) is 29.8 Å². The number of carbonyl (C=O) groups excluding carboxylic acids is 1. The lowest BCUT2D eigenvalue weighted by Gasteiger charge is -2.14. The summed E-state index contributed by atoms with van der Waals surface area (Å²) >= 11 is 2.18. The van der Waals surface area contributed by atoms with Crippen molar-refractivity contribution in [2.45, 2.75) is 13.5 Å². The first-order valence-corrected chi connectivity index (χ1v) is 8.11.